The number of rotatable bonds is 0. The van der Waals surface area contributed by atoms with E-state index in [1.54, 1.807) is 0 Å². The van der Waals surface area contributed by atoms with E-state index in [0.717, 1.165) is 0 Å². The van der Waals surface area contributed by atoms with Gasteiger partial charge in [-0.15, -0.1) is 0 Å². The van der Waals surface area contributed by atoms with Crippen LogP contribution in [0.15, 0.2) is 18.5 Å². The van der Waals surface area contributed by atoms with Crippen LogP contribution >= 0.6 is 23.2 Å². The van der Waals surface area contributed by atoms with Crippen LogP contribution in [0.3, 0.4) is 0 Å². The quantitative estimate of drug-likeness (QED) is 0.633. The van der Waals surface area contributed by atoms with Crippen molar-refractivity contribution < 1.29 is 4.39 Å². The van der Waals surface area contributed by atoms with Crippen molar-refractivity contribution in [1.29, 1.82) is 0 Å². The average Bonchev–Trinajstić information content (AvgIpc) is 2.02. The van der Waals surface area contributed by atoms with Gasteiger partial charge in [-0.3, -0.25) is 0 Å². The minimum Gasteiger partial charge on any atom is -0.236 e. The molecule has 2 aromatic rings. The van der Waals surface area contributed by atoms with Crippen LogP contribution in [0.5, 0.6) is 0 Å². The Hall–Kier alpha value is -0.930. The Labute approximate surface area is 83.3 Å². The molecule has 66 valence electrons. The van der Waals surface area contributed by atoms with Crippen molar-refractivity contribution in [2.24, 2.45) is 0 Å². The highest BCUT2D eigenvalue weighted by atomic mass is 35.5. The Bertz CT molecular complexity index is 473. The van der Waals surface area contributed by atoms with E-state index in [1.807, 2.05) is 0 Å². The van der Waals surface area contributed by atoms with Crippen molar-refractivity contribution in [3.63, 3.8) is 0 Å². The fourth-order valence-corrected chi connectivity index (χ4v) is 1.65. The number of benzene rings is 1. The zero-order chi connectivity index (χ0) is 9.42. The molecule has 0 fully saturated rings. The molecule has 0 saturated heterocycles. The third-order valence-corrected chi connectivity index (χ3v) is 2.19. The minimum atomic E-state index is -0.438. The van der Waals surface area contributed by atoms with E-state index in [2.05, 4.69) is 9.97 Å². The molecule has 0 saturated carbocycles. The number of aromatic nitrogens is 2. The van der Waals surface area contributed by atoms with E-state index in [1.165, 1.54) is 18.5 Å². The summed E-state index contributed by atoms with van der Waals surface area (Å²) in [7, 11) is 0. The Morgan fingerprint density at radius 3 is 2.69 bits per heavy atom. The Morgan fingerprint density at radius 2 is 1.92 bits per heavy atom. The topological polar surface area (TPSA) is 25.8 Å². The van der Waals surface area contributed by atoms with Gasteiger partial charge in [-0.25, -0.2) is 14.4 Å². The summed E-state index contributed by atoms with van der Waals surface area (Å²) in [4.78, 5) is 7.59. The largest absolute Gasteiger partial charge is 0.236 e. The summed E-state index contributed by atoms with van der Waals surface area (Å²) >= 11 is 11.5. The Morgan fingerprint density at radius 1 is 1.15 bits per heavy atom. The molecule has 1 heterocycles. The molecular formula is C8H3Cl2FN2. The van der Waals surface area contributed by atoms with Gasteiger partial charge >= 0.3 is 0 Å². The van der Waals surface area contributed by atoms with Crippen LogP contribution in [0.25, 0.3) is 10.9 Å². The zero-order valence-corrected chi connectivity index (χ0v) is 7.77. The van der Waals surface area contributed by atoms with E-state index in [4.69, 9.17) is 23.2 Å². The molecule has 0 aliphatic heterocycles. The molecule has 0 aliphatic carbocycles. The van der Waals surface area contributed by atoms with Crippen LogP contribution < -0.4 is 0 Å². The average molecular weight is 217 g/mol. The van der Waals surface area contributed by atoms with Gasteiger partial charge in [0.05, 0.1) is 15.9 Å². The lowest BCUT2D eigenvalue weighted by Crippen LogP contribution is -1.86. The van der Waals surface area contributed by atoms with Gasteiger partial charge in [0.1, 0.15) is 17.3 Å². The summed E-state index contributed by atoms with van der Waals surface area (Å²) < 4.78 is 12.8. The molecule has 0 aliphatic rings. The van der Waals surface area contributed by atoms with E-state index in [0.29, 0.717) is 10.9 Å². The summed E-state index contributed by atoms with van der Waals surface area (Å²) in [6, 6.07) is 2.44. The Balaban J connectivity index is 2.94. The van der Waals surface area contributed by atoms with Gasteiger partial charge < -0.3 is 0 Å². The van der Waals surface area contributed by atoms with Crippen LogP contribution in [-0.4, -0.2) is 9.97 Å². The van der Waals surface area contributed by atoms with Crippen molar-refractivity contribution in [1.82, 2.24) is 9.97 Å². The zero-order valence-electron chi connectivity index (χ0n) is 6.26. The first-order valence-corrected chi connectivity index (χ1v) is 4.19. The van der Waals surface area contributed by atoms with Gasteiger partial charge in [0, 0.05) is 6.07 Å². The number of fused-ring (bicyclic) bond motifs is 1. The summed E-state index contributed by atoms with van der Waals surface area (Å²) in [5, 5.41) is 0.933. The second kappa shape index (κ2) is 3.09. The lowest BCUT2D eigenvalue weighted by atomic mass is 10.2. The summed E-state index contributed by atoms with van der Waals surface area (Å²) in [5.74, 6) is -0.438. The molecule has 13 heavy (non-hydrogen) atoms. The molecular weight excluding hydrogens is 214 g/mol. The molecule has 1 aromatic heterocycles. The van der Waals surface area contributed by atoms with Crippen molar-refractivity contribution >= 4 is 34.1 Å². The number of hydrogen-bond acceptors (Lipinski definition) is 2. The van der Waals surface area contributed by atoms with Crippen LogP contribution in [0.2, 0.25) is 10.2 Å². The molecule has 0 spiro atoms. The van der Waals surface area contributed by atoms with Crippen LogP contribution in [0, 0.1) is 5.82 Å². The maximum absolute atomic E-state index is 12.8. The van der Waals surface area contributed by atoms with Crippen molar-refractivity contribution in [3.05, 3.63) is 34.5 Å². The standard InChI is InChI=1S/C8H3Cl2FN2/c9-5-1-4(11)2-6-7(5)8(10)13-3-12-6/h1-3H. The fourth-order valence-electron chi connectivity index (χ4n) is 1.07. The van der Waals surface area contributed by atoms with Gasteiger partial charge in [0.25, 0.3) is 0 Å². The van der Waals surface area contributed by atoms with Gasteiger partial charge in [0.15, 0.2) is 0 Å². The summed E-state index contributed by atoms with van der Waals surface area (Å²) in [5.41, 5.74) is 0.407. The molecule has 0 atom stereocenters. The van der Waals surface area contributed by atoms with E-state index >= 15 is 0 Å². The second-order valence-corrected chi connectivity index (χ2v) is 3.21. The molecule has 5 heteroatoms. The highest BCUT2D eigenvalue weighted by molar-refractivity contribution is 6.41. The van der Waals surface area contributed by atoms with Gasteiger partial charge in [0.2, 0.25) is 0 Å². The number of hydrogen-bond donors (Lipinski definition) is 0. The van der Waals surface area contributed by atoms with Crippen LogP contribution in [0.4, 0.5) is 4.39 Å². The molecule has 0 radical (unpaired) electrons. The van der Waals surface area contributed by atoms with Crippen LogP contribution in [0.1, 0.15) is 0 Å². The molecule has 2 rings (SSSR count). The smallest absolute Gasteiger partial charge is 0.141 e. The maximum Gasteiger partial charge on any atom is 0.141 e. The van der Waals surface area contributed by atoms with E-state index in [9.17, 15) is 4.39 Å². The fraction of sp³-hybridized carbons (Fsp3) is 0. The van der Waals surface area contributed by atoms with Crippen LogP contribution in [-0.2, 0) is 0 Å². The minimum absolute atomic E-state index is 0.223. The monoisotopic (exact) mass is 216 g/mol. The molecule has 0 unspecified atom stereocenters. The normalized spacial score (nSPS) is 10.7. The number of halogens is 3. The highest BCUT2D eigenvalue weighted by Gasteiger charge is 2.07. The lowest BCUT2D eigenvalue weighted by molar-refractivity contribution is 0.629. The second-order valence-electron chi connectivity index (χ2n) is 2.45. The Kier molecular flexibility index (Phi) is 2.06. The van der Waals surface area contributed by atoms with Crippen molar-refractivity contribution in [2.75, 3.05) is 0 Å². The van der Waals surface area contributed by atoms with Gasteiger partial charge in [-0.2, -0.15) is 0 Å². The van der Waals surface area contributed by atoms with Crippen molar-refractivity contribution in [2.45, 2.75) is 0 Å². The molecule has 2 nitrogen and oxygen atoms in total. The number of nitrogens with zero attached hydrogens (tertiary/aromatic N) is 2. The predicted octanol–water partition coefficient (Wildman–Crippen LogP) is 3.08. The maximum atomic E-state index is 12.8. The SMILES string of the molecule is Fc1cc(Cl)c2c(Cl)ncnc2c1. The van der Waals surface area contributed by atoms with Gasteiger partial charge in [-0.05, 0) is 6.07 Å². The van der Waals surface area contributed by atoms with Crippen molar-refractivity contribution in [3.8, 4) is 0 Å². The lowest BCUT2D eigenvalue weighted by Gasteiger charge is -2.00. The molecule has 0 amide bonds. The molecule has 0 N–H and O–H groups in total. The predicted molar refractivity (Wildman–Crippen MR) is 49.5 cm³/mol. The van der Waals surface area contributed by atoms with E-state index in [-0.39, 0.29) is 10.2 Å². The summed E-state index contributed by atoms with van der Waals surface area (Å²) in [6.07, 6.45) is 1.26. The highest BCUT2D eigenvalue weighted by Crippen LogP contribution is 2.27. The molecule has 1 aromatic carbocycles. The van der Waals surface area contributed by atoms with Gasteiger partial charge in [-0.1, -0.05) is 23.2 Å². The first kappa shape index (κ1) is 8.66. The summed E-state index contributed by atoms with van der Waals surface area (Å²) in [6.45, 7) is 0. The third-order valence-electron chi connectivity index (χ3n) is 1.61. The first-order chi connectivity index (χ1) is 6.18. The third kappa shape index (κ3) is 1.45. The van der Waals surface area contributed by atoms with E-state index < -0.39 is 5.82 Å². The molecule has 0 bridgehead atoms. The first-order valence-electron chi connectivity index (χ1n) is 3.44.